The quantitative estimate of drug-likeness (QED) is 0.941. The van der Waals surface area contributed by atoms with Crippen LogP contribution in [0.5, 0.6) is 0 Å². The van der Waals surface area contributed by atoms with Crippen molar-refractivity contribution in [3.8, 4) is 0 Å². The van der Waals surface area contributed by atoms with Gasteiger partial charge in [-0.15, -0.1) is 0 Å². The molecule has 0 bridgehead atoms. The van der Waals surface area contributed by atoms with Crippen LogP contribution < -0.4 is 0 Å². The summed E-state index contributed by atoms with van der Waals surface area (Å²) in [6.07, 6.45) is 5.53. The fraction of sp³-hybridized carbons (Fsp3) is 0.294. The predicted octanol–water partition coefficient (Wildman–Crippen LogP) is 2.55. The molecule has 4 heteroatoms. The van der Waals surface area contributed by atoms with Gasteiger partial charge < -0.3 is 10.0 Å². The summed E-state index contributed by atoms with van der Waals surface area (Å²) < 4.78 is 0. The summed E-state index contributed by atoms with van der Waals surface area (Å²) in [4.78, 5) is 18.7. The van der Waals surface area contributed by atoms with E-state index in [0.29, 0.717) is 5.56 Å². The van der Waals surface area contributed by atoms with Gasteiger partial charge in [-0.2, -0.15) is 0 Å². The maximum atomic E-state index is 12.7. The number of rotatable bonds is 3. The first-order valence-electron chi connectivity index (χ1n) is 7.20. The van der Waals surface area contributed by atoms with Crippen molar-refractivity contribution in [1.29, 1.82) is 0 Å². The smallest absolute Gasteiger partial charge is 0.254 e. The van der Waals surface area contributed by atoms with E-state index in [9.17, 15) is 9.90 Å². The van der Waals surface area contributed by atoms with Gasteiger partial charge >= 0.3 is 0 Å². The van der Waals surface area contributed by atoms with E-state index in [4.69, 9.17) is 0 Å². The van der Waals surface area contributed by atoms with E-state index in [2.05, 4.69) is 4.98 Å². The Morgan fingerprint density at radius 3 is 2.86 bits per heavy atom. The molecule has 2 aromatic rings. The second-order valence-electron chi connectivity index (χ2n) is 5.30. The van der Waals surface area contributed by atoms with E-state index in [1.165, 1.54) is 0 Å². The second-order valence-corrected chi connectivity index (χ2v) is 5.30. The molecule has 0 aliphatic carbocycles. The average Bonchev–Trinajstić information content (AvgIpc) is 3.04. The first-order valence-corrected chi connectivity index (χ1v) is 7.20. The zero-order valence-corrected chi connectivity index (χ0v) is 11.8. The average molecular weight is 282 g/mol. The van der Waals surface area contributed by atoms with Crippen molar-refractivity contribution >= 4 is 5.91 Å². The molecule has 1 aromatic carbocycles. The molecule has 1 saturated heterocycles. The van der Waals surface area contributed by atoms with Crippen LogP contribution in [-0.4, -0.2) is 27.4 Å². The van der Waals surface area contributed by atoms with E-state index >= 15 is 0 Å². The van der Waals surface area contributed by atoms with Gasteiger partial charge in [0.2, 0.25) is 0 Å². The Balaban J connectivity index is 1.86. The van der Waals surface area contributed by atoms with E-state index in [1.807, 2.05) is 35.2 Å². The number of amides is 1. The van der Waals surface area contributed by atoms with Gasteiger partial charge in [0.15, 0.2) is 0 Å². The zero-order valence-electron chi connectivity index (χ0n) is 11.8. The number of nitrogens with zero attached hydrogens (tertiary/aromatic N) is 2. The Morgan fingerprint density at radius 2 is 2.10 bits per heavy atom. The lowest BCUT2D eigenvalue weighted by Crippen LogP contribution is -2.30. The van der Waals surface area contributed by atoms with Crippen molar-refractivity contribution in [3.63, 3.8) is 0 Å². The molecule has 1 amide bonds. The summed E-state index contributed by atoms with van der Waals surface area (Å²) in [5.74, 6) is 0.0320. The lowest BCUT2D eigenvalue weighted by atomic mass is 10.0. The molecule has 21 heavy (non-hydrogen) atoms. The van der Waals surface area contributed by atoms with Crippen molar-refractivity contribution in [2.75, 3.05) is 6.54 Å². The third-order valence-electron chi connectivity index (χ3n) is 3.96. The van der Waals surface area contributed by atoms with Gasteiger partial charge in [-0.3, -0.25) is 9.78 Å². The van der Waals surface area contributed by atoms with Gasteiger partial charge in [-0.25, -0.2) is 0 Å². The lowest BCUT2D eigenvalue weighted by Gasteiger charge is -2.25. The van der Waals surface area contributed by atoms with Crippen LogP contribution in [-0.2, 0) is 6.61 Å². The van der Waals surface area contributed by atoms with Crippen molar-refractivity contribution in [1.82, 2.24) is 9.88 Å². The van der Waals surface area contributed by atoms with Crippen LogP contribution in [0.25, 0.3) is 0 Å². The molecule has 1 unspecified atom stereocenters. The SMILES string of the molecule is O=C(c1cccc(CO)c1)N1CCCC1c1ccncc1. The first kappa shape index (κ1) is 13.8. The van der Waals surface area contributed by atoms with Crippen molar-refractivity contribution in [2.24, 2.45) is 0 Å². The van der Waals surface area contributed by atoms with Crippen molar-refractivity contribution < 1.29 is 9.90 Å². The molecular weight excluding hydrogens is 264 g/mol. The van der Waals surface area contributed by atoms with E-state index in [-0.39, 0.29) is 18.6 Å². The van der Waals surface area contributed by atoms with Gasteiger partial charge in [0.25, 0.3) is 5.91 Å². The van der Waals surface area contributed by atoms with Gasteiger partial charge in [-0.05, 0) is 48.2 Å². The highest BCUT2D eigenvalue weighted by Crippen LogP contribution is 2.32. The van der Waals surface area contributed by atoms with Crippen LogP contribution in [0.1, 0.15) is 40.4 Å². The van der Waals surface area contributed by atoms with Gasteiger partial charge in [0.1, 0.15) is 0 Å². The van der Waals surface area contributed by atoms with Gasteiger partial charge in [-0.1, -0.05) is 12.1 Å². The van der Waals surface area contributed by atoms with Crippen LogP contribution in [0.4, 0.5) is 0 Å². The predicted molar refractivity (Wildman–Crippen MR) is 79.6 cm³/mol. The largest absolute Gasteiger partial charge is 0.392 e. The Labute approximate surface area is 124 Å². The molecule has 0 spiro atoms. The number of benzene rings is 1. The molecule has 1 aliphatic rings. The number of pyridine rings is 1. The Hall–Kier alpha value is -2.20. The first-order chi connectivity index (χ1) is 10.3. The minimum absolute atomic E-state index is 0.0320. The highest BCUT2D eigenvalue weighted by molar-refractivity contribution is 5.94. The van der Waals surface area contributed by atoms with Gasteiger partial charge in [0, 0.05) is 24.5 Å². The maximum Gasteiger partial charge on any atom is 0.254 e. The molecule has 1 aliphatic heterocycles. The highest BCUT2D eigenvalue weighted by Gasteiger charge is 2.30. The number of carbonyl (C=O) groups excluding carboxylic acids is 1. The minimum Gasteiger partial charge on any atom is -0.392 e. The second kappa shape index (κ2) is 6.06. The standard InChI is InChI=1S/C17H18N2O2/c20-12-13-3-1-4-15(11-13)17(21)19-10-2-5-16(19)14-6-8-18-9-7-14/h1,3-4,6-9,11,16,20H,2,5,10,12H2. The molecule has 2 heterocycles. The van der Waals surface area contributed by atoms with Crippen LogP contribution >= 0.6 is 0 Å². The number of aromatic nitrogens is 1. The van der Waals surface area contributed by atoms with Crippen LogP contribution in [0.3, 0.4) is 0 Å². The number of hydrogen-bond donors (Lipinski definition) is 1. The van der Waals surface area contributed by atoms with Crippen LogP contribution in [0.2, 0.25) is 0 Å². The lowest BCUT2D eigenvalue weighted by molar-refractivity contribution is 0.0735. The monoisotopic (exact) mass is 282 g/mol. The Morgan fingerprint density at radius 1 is 1.29 bits per heavy atom. The number of carbonyl (C=O) groups is 1. The Kier molecular flexibility index (Phi) is 3.97. The summed E-state index contributed by atoms with van der Waals surface area (Å²) in [5, 5.41) is 9.21. The Bertz CT molecular complexity index is 628. The summed E-state index contributed by atoms with van der Waals surface area (Å²) in [5.41, 5.74) is 2.54. The summed E-state index contributed by atoms with van der Waals surface area (Å²) in [6, 6.07) is 11.3. The fourth-order valence-electron chi connectivity index (χ4n) is 2.91. The van der Waals surface area contributed by atoms with Crippen LogP contribution in [0, 0.1) is 0 Å². The molecule has 3 rings (SSSR count). The summed E-state index contributed by atoms with van der Waals surface area (Å²) in [7, 11) is 0. The third kappa shape index (κ3) is 2.81. The number of likely N-dealkylation sites (tertiary alicyclic amines) is 1. The third-order valence-corrected chi connectivity index (χ3v) is 3.96. The van der Waals surface area contributed by atoms with Crippen molar-refractivity contribution in [3.05, 3.63) is 65.5 Å². The van der Waals surface area contributed by atoms with Crippen molar-refractivity contribution in [2.45, 2.75) is 25.5 Å². The molecule has 1 fully saturated rings. The van der Waals surface area contributed by atoms with E-state index < -0.39 is 0 Å². The topological polar surface area (TPSA) is 53.4 Å². The fourth-order valence-corrected chi connectivity index (χ4v) is 2.91. The zero-order chi connectivity index (χ0) is 14.7. The summed E-state index contributed by atoms with van der Waals surface area (Å²) >= 11 is 0. The van der Waals surface area contributed by atoms with Gasteiger partial charge in [0.05, 0.1) is 12.6 Å². The number of aliphatic hydroxyl groups excluding tert-OH is 1. The molecule has 1 atom stereocenters. The molecule has 108 valence electrons. The normalized spacial score (nSPS) is 18.0. The number of aliphatic hydroxyl groups is 1. The molecule has 0 radical (unpaired) electrons. The maximum absolute atomic E-state index is 12.7. The molecular formula is C17H18N2O2. The minimum atomic E-state index is -0.0467. The van der Waals surface area contributed by atoms with Crippen LogP contribution in [0.15, 0.2) is 48.8 Å². The highest BCUT2D eigenvalue weighted by atomic mass is 16.3. The molecule has 4 nitrogen and oxygen atoms in total. The molecule has 1 N–H and O–H groups in total. The van der Waals surface area contributed by atoms with E-state index in [0.717, 1.165) is 30.5 Å². The molecule has 1 aromatic heterocycles. The number of hydrogen-bond acceptors (Lipinski definition) is 3. The summed E-state index contributed by atoms with van der Waals surface area (Å²) in [6.45, 7) is 0.726. The van der Waals surface area contributed by atoms with E-state index in [1.54, 1.807) is 18.5 Å². The molecule has 0 saturated carbocycles.